The summed E-state index contributed by atoms with van der Waals surface area (Å²) in [5, 5.41) is 0. The number of nitrogens with zero attached hydrogens (tertiary/aromatic N) is 1. The number of amides is 1. The normalized spacial score (nSPS) is 21.0. The van der Waals surface area contributed by atoms with Gasteiger partial charge in [-0.15, -0.1) is 0 Å². The maximum Gasteiger partial charge on any atom is 0.410 e. The molecule has 1 saturated heterocycles. The first-order valence-corrected chi connectivity index (χ1v) is 6.87. The van der Waals surface area contributed by atoms with E-state index in [9.17, 15) is 4.79 Å². The third kappa shape index (κ3) is 3.52. The highest BCUT2D eigenvalue weighted by Crippen LogP contribution is 2.30. The van der Waals surface area contributed by atoms with Gasteiger partial charge < -0.3 is 14.1 Å². The van der Waals surface area contributed by atoms with Gasteiger partial charge in [0.1, 0.15) is 5.60 Å². The second-order valence-electron chi connectivity index (χ2n) is 6.18. The largest absolute Gasteiger partial charge is 0.472 e. The van der Waals surface area contributed by atoms with Crippen LogP contribution in [0.2, 0.25) is 0 Å². The Morgan fingerprint density at radius 2 is 2.35 bits per heavy atom. The van der Waals surface area contributed by atoms with E-state index in [1.54, 1.807) is 17.4 Å². The number of hydrogen-bond donors (Lipinski definition) is 2. The molecule has 1 aromatic rings. The summed E-state index contributed by atoms with van der Waals surface area (Å²) in [6.07, 6.45) is 3.93. The van der Waals surface area contributed by atoms with Crippen molar-refractivity contribution in [2.24, 2.45) is 11.8 Å². The van der Waals surface area contributed by atoms with E-state index in [1.807, 2.05) is 26.8 Å². The maximum atomic E-state index is 12.0. The molecule has 1 aliphatic heterocycles. The standard InChI is InChI=1S/C14H23N3O3/c1-14(2,3)20-13(18)17-6-4-10(8-17)12(16-15)11-5-7-19-9-11/h5,7,9-10,12,16H,4,6,8,15H2,1-3H3. The monoisotopic (exact) mass is 281 g/mol. The Morgan fingerprint density at radius 3 is 2.90 bits per heavy atom. The van der Waals surface area contributed by atoms with Gasteiger partial charge in [0.05, 0.1) is 18.6 Å². The smallest absolute Gasteiger partial charge is 0.410 e. The SMILES string of the molecule is CC(C)(C)OC(=O)N1CCC(C(NN)c2ccoc2)C1. The van der Waals surface area contributed by atoms with Crippen molar-refractivity contribution in [2.75, 3.05) is 13.1 Å². The summed E-state index contributed by atoms with van der Waals surface area (Å²) in [6.45, 7) is 6.93. The van der Waals surface area contributed by atoms with E-state index in [0.717, 1.165) is 12.0 Å². The summed E-state index contributed by atoms with van der Waals surface area (Å²) >= 11 is 0. The Balaban J connectivity index is 1.96. The fourth-order valence-electron chi connectivity index (χ4n) is 2.51. The molecule has 2 rings (SSSR count). The van der Waals surface area contributed by atoms with Crippen LogP contribution in [0.3, 0.4) is 0 Å². The zero-order valence-corrected chi connectivity index (χ0v) is 12.3. The zero-order valence-electron chi connectivity index (χ0n) is 12.3. The van der Waals surface area contributed by atoms with E-state index in [4.69, 9.17) is 15.0 Å². The first-order valence-electron chi connectivity index (χ1n) is 6.87. The van der Waals surface area contributed by atoms with Gasteiger partial charge in [-0.2, -0.15) is 0 Å². The van der Waals surface area contributed by atoms with Crippen molar-refractivity contribution in [1.29, 1.82) is 0 Å². The minimum atomic E-state index is -0.467. The van der Waals surface area contributed by atoms with E-state index in [2.05, 4.69) is 5.43 Å². The van der Waals surface area contributed by atoms with Crippen LogP contribution in [0.25, 0.3) is 0 Å². The van der Waals surface area contributed by atoms with Gasteiger partial charge in [-0.3, -0.25) is 11.3 Å². The van der Waals surface area contributed by atoms with Gasteiger partial charge in [-0.25, -0.2) is 4.79 Å². The van der Waals surface area contributed by atoms with Gasteiger partial charge >= 0.3 is 6.09 Å². The molecule has 20 heavy (non-hydrogen) atoms. The van der Waals surface area contributed by atoms with Crippen LogP contribution >= 0.6 is 0 Å². The lowest BCUT2D eigenvalue weighted by atomic mass is 9.95. The Labute approximate surface area is 119 Å². The fourth-order valence-corrected chi connectivity index (χ4v) is 2.51. The number of nitrogens with two attached hydrogens (primary N) is 1. The molecule has 0 aromatic carbocycles. The lowest BCUT2D eigenvalue weighted by molar-refractivity contribution is 0.0285. The van der Waals surface area contributed by atoms with Crippen LogP contribution in [0.15, 0.2) is 23.0 Å². The van der Waals surface area contributed by atoms with Crippen LogP contribution in [-0.4, -0.2) is 29.7 Å². The number of carbonyl (C=O) groups is 1. The average Bonchev–Trinajstić information content (AvgIpc) is 2.98. The first-order chi connectivity index (χ1) is 9.40. The van der Waals surface area contributed by atoms with Crippen molar-refractivity contribution in [3.05, 3.63) is 24.2 Å². The molecule has 0 bridgehead atoms. The molecule has 3 N–H and O–H groups in total. The average molecular weight is 281 g/mol. The lowest BCUT2D eigenvalue weighted by Gasteiger charge is -2.25. The summed E-state index contributed by atoms with van der Waals surface area (Å²) in [6, 6.07) is 1.88. The highest BCUT2D eigenvalue weighted by Gasteiger charge is 2.34. The Morgan fingerprint density at radius 1 is 1.60 bits per heavy atom. The van der Waals surface area contributed by atoms with Gasteiger partial charge in [0, 0.05) is 18.7 Å². The molecular formula is C14H23N3O3. The van der Waals surface area contributed by atoms with Crippen LogP contribution in [-0.2, 0) is 4.74 Å². The lowest BCUT2D eigenvalue weighted by Crippen LogP contribution is -2.38. The summed E-state index contributed by atoms with van der Waals surface area (Å²) in [4.78, 5) is 13.8. The van der Waals surface area contributed by atoms with Gasteiger partial charge in [0.2, 0.25) is 0 Å². The van der Waals surface area contributed by atoms with Gasteiger partial charge in [0.15, 0.2) is 0 Å². The third-order valence-electron chi connectivity index (χ3n) is 3.43. The van der Waals surface area contributed by atoms with Gasteiger partial charge in [-0.05, 0) is 39.2 Å². The molecule has 1 aliphatic rings. The van der Waals surface area contributed by atoms with Crippen molar-refractivity contribution in [1.82, 2.24) is 10.3 Å². The number of carbonyl (C=O) groups excluding carboxylic acids is 1. The second-order valence-corrected chi connectivity index (χ2v) is 6.18. The third-order valence-corrected chi connectivity index (χ3v) is 3.43. The predicted molar refractivity (Wildman–Crippen MR) is 74.7 cm³/mol. The van der Waals surface area contributed by atoms with E-state index in [1.165, 1.54) is 0 Å². The molecule has 6 nitrogen and oxygen atoms in total. The molecule has 0 aliphatic carbocycles. The van der Waals surface area contributed by atoms with Crippen LogP contribution in [0.5, 0.6) is 0 Å². The number of hydrazine groups is 1. The highest BCUT2D eigenvalue weighted by atomic mass is 16.6. The summed E-state index contributed by atoms with van der Waals surface area (Å²) in [5.41, 5.74) is 3.35. The van der Waals surface area contributed by atoms with Crippen LogP contribution in [0, 0.1) is 5.92 Å². The van der Waals surface area contributed by atoms with Crippen LogP contribution in [0.1, 0.15) is 38.8 Å². The molecule has 2 heterocycles. The topological polar surface area (TPSA) is 80.7 Å². The summed E-state index contributed by atoms with van der Waals surface area (Å²) in [7, 11) is 0. The Bertz CT molecular complexity index is 439. The molecule has 0 saturated carbocycles. The number of furan rings is 1. The van der Waals surface area contributed by atoms with Crippen molar-refractivity contribution < 1.29 is 13.9 Å². The van der Waals surface area contributed by atoms with E-state index < -0.39 is 5.60 Å². The molecule has 1 amide bonds. The molecule has 0 spiro atoms. The summed E-state index contributed by atoms with van der Waals surface area (Å²) in [5.74, 6) is 5.90. The molecule has 112 valence electrons. The Kier molecular flexibility index (Phi) is 4.35. The maximum absolute atomic E-state index is 12.0. The van der Waals surface area contributed by atoms with Crippen LogP contribution in [0.4, 0.5) is 4.79 Å². The van der Waals surface area contributed by atoms with Crippen molar-refractivity contribution in [3.63, 3.8) is 0 Å². The second kappa shape index (κ2) is 5.85. The van der Waals surface area contributed by atoms with Crippen LogP contribution < -0.4 is 11.3 Å². The molecular weight excluding hydrogens is 258 g/mol. The number of nitrogens with one attached hydrogen (secondary N) is 1. The molecule has 2 atom stereocenters. The fraction of sp³-hybridized carbons (Fsp3) is 0.643. The summed E-state index contributed by atoms with van der Waals surface area (Å²) < 4.78 is 10.5. The molecule has 1 aromatic heterocycles. The highest BCUT2D eigenvalue weighted by molar-refractivity contribution is 5.68. The molecule has 1 fully saturated rings. The molecule has 6 heteroatoms. The number of rotatable bonds is 3. The van der Waals surface area contributed by atoms with Gasteiger partial charge in [0.25, 0.3) is 0 Å². The quantitative estimate of drug-likeness (QED) is 0.654. The van der Waals surface area contributed by atoms with E-state index >= 15 is 0 Å². The Hall–Kier alpha value is -1.53. The van der Waals surface area contributed by atoms with E-state index in [0.29, 0.717) is 13.1 Å². The van der Waals surface area contributed by atoms with Gasteiger partial charge in [-0.1, -0.05) is 0 Å². The molecule has 2 unspecified atom stereocenters. The first kappa shape index (κ1) is 14.9. The minimum absolute atomic E-state index is 0.0128. The number of hydrogen-bond acceptors (Lipinski definition) is 5. The predicted octanol–water partition coefficient (Wildman–Crippen LogP) is 2.04. The van der Waals surface area contributed by atoms with Crippen molar-refractivity contribution >= 4 is 6.09 Å². The van der Waals surface area contributed by atoms with Crippen molar-refractivity contribution in [3.8, 4) is 0 Å². The minimum Gasteiger partial charge on any atom is -0.472 e. The van der Waals surface area contributed by atoms with Crippen molar-refractivity contribution in [2.45, 2.75) is 38.8 Å². The van der Waals surface area contributed by atoms with E-state index in [-0.39, 0.29) is 18.1 Å². The number of likely N-dealkylation sites (tertiary alicyclic amines) is 1. The molecule has 0 radical (unpaired) electrons. The number of ether oxygens (including phenoxy) is 1. The zero-order chi connectivity index (χ0) is 14.8.